The minimum atomic E-state index is 0.516. The van der Waals surface area contributed by atoms with Crippen molar-refractivity contribution in [3.8, 4) is 0 Å². The van der Waals surface area contributed by atoms with Crippen molar-refractivity contribution in [1.29, 1.82) is 0 Å². The van der Waals surface area contributed by atoms with Crippen LogP contribution in [0.2, 0.25) is 0 Å². The second-order valence-corrected chi connectivity index (χ2v) is 3.88. The second-order valence-electron chi connectivity index (χ2n) is 3.88. The summed E-state index contributed by atoms with van der Waals surface area (Å²) in [6.45, 7) is 6.42. The molecular formula is C13H19N. The minimum absolute atomic E-state index is 0.516. The van der Waals surface area contributed by atoms with Crippen molar-refractivity contribution >= 4 is 0 Å². The van der Waals surface area contributed by atoms with Crippen molar-refractivity contribution in [3.05, 3.63) is 47.7 Å². The lowest BCUT2D eigenvalue weighted by Gasteiger charge is -2.09. The number of rotatable bonds is 4. The van der Waals surface area contributed by atoms with Crippen molar-refractivity contribution in [3.63, 3.8) is 0 Å². The van der Waals surface area contributed by atoms with E-state index in [1.807, 2.05) is 6.07 Å². The highest BCUT2D eigenvalue weighted by Crippen LogP contribution is 2.02. The molecule has 0 radical (unpaired) electrons. The molecule has 1 nitrogen and oxygen atoms in total. The van der Waals surface area contributed by atoms with E-state index in [0.717, 1.165) is 6.42 Å². The Morgan fingerprint density at radius 1 is 1.29 bits per heavy atom. The molecule has 0 aromatic heterocycles. The van der Waals surface area contributed by atoms with Crippen LogP contribution in [0, 0.1) is 0 Å². The zero-order valence-electron chi connectivity index (χ0n) is 9.25. The maximum atomic E-state index is 3.37. The molecule has 0 amide bonds. The molecule has 0 fully saturated rings. The van der Waals surface area contributed by atoms with E-state index in [9.17, 15) is 0 Å². The molecule has 0 aliphatic heterocycles. The van der Waals surface area contributed by atoms with Gasteiger partial charge in [0.1, 0.15) is 0 Å². The first-order chi connectivity index (χ1) is 6.68. The van der Waals surface area contributed by atoms with Crippen LogP contribution in [0.3, 0.4) is 0 Å². The highest BCUT2D eigenvalue weighted by molar-refractivity contribution is 5.18. The Hall–Kier alpha value is -1.24. The molecule has 1 heteroatoms. The first-order valence-corrected chi connectivity index (χ1v) is 5.15. The monoisotopic (exact) mass is 189 g/mol. The molecule has 0 atom stereocenters. The lowest BCUT2D eigenvalue weighted by atomic mass is 10.1. The largest absolute Gasteiger partial charge is 0.387 e. The summed E-state index contributed by atoms with van der Waals surface area (Å²) in [5.74, 6) is 0. The molecule has 0 aliphatic rings. The normalized spacial score (nSPS) is 11.9. The Morgan fingerprint density at radius 2 is 1.93 bits per heavy atom. The first kappa shape index (κ1) is 10.8. The molecule has 1 N–H and O–H groups in total. The van der Waals surface area contributed by atoms with Crippen LogP contribution in [0.15, 0.2) is 42.1 Å². The SMILES string of the molecule is CC(=CCc1ccccc1)NC(C)C. The van der Waals surface area contributed by atoms with Crippen molar-refractivity contribution in [2.24, 2.45) is 0 Å². The molecule has 1 aromatic carbocycles. The van der Waals surface area contributed by atoms with Gasteiger partial charge in [0, 0.05) is 11.7 Å². The third-order valence-corrected chi connectivity index (χ3v) is 2.00. The van der Waals surface area contributed by atoms with Crippen molar-refractivity contribution < 1.29 is 0 Å². The third kappa shape index (κ3) is 4.13. The second kappa shape index (κ2) is 5.48. The maximum absolute atomic E-state index is 3.37. The van der Waals surface area contributed by atoms with Gasteiger partial charge in [0.05, 0.1) is 0 Å². The molecule has 0 aliphatic carbocycles. The topological polar surface area (TPSA) is 12.0 Å². The standard InChI is InChI=1S/C13H19N/c1-11(2)14-12(3)9-10-13-7-5-4-6-8-13/h4-9,11,14H,10H2,1-3H3. The number of hydrogen-bond donors (Lipinski definition) is 1. The predicted molar refractivity (Wildman–Crippen MR) is 62.2 cm³/mol. The van der Waals surface area contributed by atoms with Crippen LogP contribution in [0.25, 0.3) is 0 Å². The summed E-state index contributed by atoms with van der Waals surface area (Å²) >= 11 is 0. The quantitative estimate of drug-likeness (QED) is 0.767. The van der Waals surface area contributed by atoms with Crippen LogP contribution in [-0.2, 0) is 6.42 Å². The zero-order chi connectivity index (χ0) is 10.4. The molecule has 0 spiro atoms. The molecule has 1 aromatic rings. The molecule has 76 valence electrons. The summed E-state index contributed by atoms with van der Waals surface area (Å²) < 4.78 is 0. The zero-order valence-corrected chi connectivity index (χ0v) is 9.25. The van der Waals surface area contributed by atoms with Crippen molar-refractivity contribution in [2.45, 2.75) is 33.2 Å². The van der Waals surface area contributed by atoms with Crippen LogP contribution in [0.5, 0.6) is 0 Å². The lowest BCUT2D eigenvalue weighted by Crippen LogP contribution is -2.20. The summed E-state index contributed by atoms with van der Waals surface area (Å²) in [4.78, 5) is 0. The Balaban J connectivity index is 2.47. The van der Waals surface area contributed by atoms with Crippen LogP contribution < -0.4 is 5.32 Å². The maximum Gasteiger partial charge on any atom is 0.0201 e. The van der Waals surface area contributed by atoms with Crippen LogP contribution in [-0.4, -0.2) is 6.04 Å². The van der Waals surface area contributed by atoms with Gasteiger partial charge in [0.2, 0.25) is 0 Å². The predicted octanol–water partition coefficient (Wildman–Crippen LogP) is 3.13. The van der Waals surface area contributed by atoms with Crippen molar-refractivity contribution in [1.82, 2.24) is 5.32 Å². The summed E-state index contributed by atoms with van der Waals surface area (Å²) in [5.41, 5.74) is 2.61. The Labute approximate surface area is 86.8 Å². The lowest BCUT2D eigenvalue weighted by molar-refractivity contribution is 0.667. The highest BCUT2D eigenvalue weighted by atomic mass is 14.9. The van der Waals surface area contributed by atoms with Gasteiger partial charge in [-0.2, -0.15) is 0 Å². The molecular weight excluding hydrogens is 170 g/mol. The van der Waals surface area contributed by atoms with E-state index in [0.29, 0.717) is 6.04 Å². The Bertz CT molecular complexity index is 285. The highest BCUT2D eigenvalue weighted by Gasteiger charge is 1.92. The fraction of sp³-hybridized carbons (Fsp3) is 0.385. The third-order valence-electron chi connectivity index (χ3n) is 2.00. The van der Waals surface area contributed by atoms with E-state index in [1.54, 1.807) is 0 Å². The van der Waals surface area contributed by atoms with E-state index >= 15 is 0 Å². The van der Waals surface area contributed by atoms with Gasteiger partial charge in [-0.1, -0.05) is 36.4 Å². The summed E-state index contributed by atoms with van der Waals surface area (Å²) in [6.07, 6.45) is 3.24. The van der Waals surface area contributed by atoms with Gasteiger partial charge in [0.15, 0.2) is 0 Å². The molecule has 0 heterocycles. The first-order valence-electron chi connectivity index (χ1n) is 5.15. The average Bonchev–Trinajstić information content (AvgIpc) is 2.15. The van der Waals surface area contributed by atoms with E-state index < -0.39 is 0 Å². The Morgan fingerprint density at radius 3 is 2.50 bits per heavy atom. The van der Waals surface area contributed by atoms with Gasteiger partial charge in [-0.25, -0.2) is 0 Å². The van der Waals surface area contributed by atoms with Crippen molar-refractivity contribution in [2.75, 3.05) is 0 Å². The van der Waals surface area contributed by atoms with Crippen LogP contribution in [0.4, 0.5) is 0 Å². The van der Waals surface area contributed by atoms with E-state index in [1.165, 1.54) is 11.3 Å². The summed E-state index contributed by atoms with van der Waals surface area (Å²) in [5, 5.41) is 3.37. The molecule has 0 saturated heterocycles. The van der Waals surface area contributed by atoms with E-state index in [2.05, 4.69) is 56.4 Å². The fourth-order valence-corrected chi connectivity index (χ4v) is 1.40. The molecule has 0 bridgehead atoms. The number of benzene rings is 1. The van der Waals surface area contributed by atoms with E-state index in [4.69, 9.17) is 0 Å². The summed E-state index contributed by atoms with van der Waals surface area (Å²) in [7, 11) is 0. The minimum Gasteiger partial charge on any atom is -0.387 e. The summed E-state index contributed by atoms with van der Waals surface area (Å²) in [6, 6.07) is 11.0. The number of hydrogen-bond acceptors (Lipinski definition) is 1. The number of nitrogens with one attached hydrogen (secondary N) is 1. The van der Waals surface area contributed by atoms with Gasteiger partial charge in [-0.05, 0) is 32.8 Å². The Kier molecular flexibility index (Phi) is 4.24. The molecule has 14 heavy (non-hydrogen) atoms. The molecule has 1 rings (SSSR count). The fourth-order valence-electron chi connectivity index (χ4n) is 1.40. The van der Waals surface area contributed by atoms with Crippen LogP contribution >= 0.6 is 0 Å². The molecule has 0 saturated carbocycles. The van der Waals surface area contributed by atoms with Gasteiger partial charge < -0.3 is 5.32 Å². The van der Waals surface area contributed by atoms with Gasteiger partial charge in [-0.15, -0.1) is 0 Å². The van der Waals surface area contributed by atoms with Gasteiger partial charge >= 0.3 is 0 Å². The van der Waals surface area contributed by atoms with Gasteiger partial charge in [0.25, 0.3) is 0 Å². The van der Waals surface area contributed by atoms with E-state index in [-0.39, 0.29) is 0 Å². The molecule has 0 unspecified atom stereocenters. The average molecular weight is 189 g/mol. The van der Waals surface area contributed by atoms with Gasteiger partial charge in [-0.3, -0.25) is 0 Å². The number of allylic oxidation sites excluding steroid dienone is 2. The van der Waals surface area contributed by atoms with Crippen LogP contribution in [0.1, 0.15) is 26.3 Å². The smallest absolute Gasteiger partial charge is 0.0201 e.